The Morgan fingerprint density at radius 3 is 2.57 bits per heavy atom. The molecule has 7 nitrogen and oxygen atoms in total. The van der Waals surface area contributed by atoms with E-state index >= 15 is 0 Å². The molecule has 30 heavy (non-hydrogen) atoms. The first-order valence-electron chi connectivity index (χ1n) is 11.2. The average Bonchev–Trinajstić information content (AvgIpc) is 3.42. The number of ether oxygens (including phenoxy) is 1. The van der Waals surface area contributed by atoms with E-state index < -0.39 is 10.0 Å². The lowest BCUT2D eigenvalue weighted by Crippen LogP contribution is -2.41. The van der Waals surface area contributed by atoms with E-state index in [4.69, 9.17) is 9.73 Å². The summed E-state index contributed by atoms with van der Waals surface area (Å²) in [5.41, 5.74) is 1.31. The lowest BCUT2D eigenvalue weighted by molar-refractivity contribution is 0.156. The molecular formula is C22H34N4O3S. The molecule has 1 unspecified atom stereocenters. The summed E-state index contributed by atoms with van der Waals surface area (Å²) in [6, 6.07) is 7.23. The molecule has 3 saturated heterocycles. The third kappa shape index (κ3) is 4.65. The van der Waals surface area contributed by atoms with Crippen molar-refractivity contribution in [1.29, 1.82) is 0 Å². The number of rotatable bonds is 5. The molecule has 0 saturated carbocycles. The molecule has 1 aromatic carbocycles. The summed E-state index contributed by atoms with van der Waals surface area (Å²) >= 11 is 0. The number of sulfonamides is 1. The summed E-state index contributed by atoms with van der Waals surface area (Å²) in [4.78, 5) is 7.55. The molecule has 3 aliphatic rings. The molecule has 8 heteroatoms. The third-order valence-corrected chi connectivity index (χ3v) is 8.46. The Morgan fingerprint density at radius 2 is 1.90 bits per heavy atom. The fourth-order valence-corrected chi connectivity index (χ4v) is 6.22. The summed E-state index contributed by atoms with van der Waals surface area (Å²) in [7, 11) is -3.38. The third-order valence-electron chi connectivity index (χ3n) is 6.55. The second kappa shape index (κ2) is 9.24. The minimum atomic E-state index is -3.38. The van der Waals surface area contributed by atoms with Crippen LogP contribution in [0.2, 0.25) is 0 Å². The highest BCUT2D eigenvalue weighted by molar-refractivity contribution is 7.89. The normalized spacial score (nSPS) is 25.9. The van der Waals surface area contributed by atoms with Gasteiger partial charge in [0.15, 0.2) is 5.96 Å². The van der Waals surface area contributed by atoms with Crippen LogP contribution in [0.1, 0.15) is 44.6 Å². The van der Waals surface area contributed by atoms with Crippen LogP contribution in [0.5, 0.6) is 0 Å². The lowest BCUT2D eigenvalue weighted by atomic mass is 9.87. The first-order chi connectivity index (χ1) is 14.5. The number of benzene rings is 1. The zero-order chi connectivity index (χ0) is 21.0. The molecule has 1 spiro atoms. The van der Waals surface area contributed by atoms with Crippen LogP contribution >= 0.6 is 0 Å². The maximum Gasteiger partial charge on any atom is 0.243 e. The van der Waals surface area contributed by atoms with Crippen LogP contribution in [0, 0.1) is 5.41 Å². The zero-order valence-corrected chi connectivity index (χ0v) is 18.8. The van der Waals surface area contributed by atoms with Gasteiger partial charge in [-0.05, 0) is 50.3 Å². The SMILES string of the molecule is CCNC(=NCc1ccc(S(=O)(=O)N2CCCCC2)cc1)N1CCC2(CCOC2)C1. The molecule has 4 rings (SSSR count). The van der Waals surface area contributed by atoms with Gasteiger partial charge >= 0.3 is 0 Å². The summed E-state index contributed by atoms with van der Waals surface area (Å²) in [6.45, 7) is 8.42. The summed E-state index contributed by atoms with van der Waals surface area (Å²) in [6.07, 6.45) is 5.30. The minimum absolute atomic E-state index is 0.292. The number of likely N-dealkylation sites (tertiary alicyclic amines) is 1. The fourth-order valence-electron chi connectivity index (χ4n) is 4.70. The fraction of sp³-hybridized carbons (Fsp3) is 0.682. The van der Waals surface area contributed by atoms with Crippen molar-refractivity contribution in [3.8, 4) is 0 Å². The van der Waals surface area contributed by atoms with Crippen LogP contribution in [-0.2, 0) is 21.3 Å². The van der Waals surface area contributed by atoms with Crippen LogP contribution in [0.4, 0.5) is 0 Å². The quantitative estimate of drug-likeness (QED) is 0.569. The van der Waals surface area contributed by atoms with Crippen molar-refractivity contribution in [2.24, 2.45) is 10.4 Å². The van der Waals surface area contributed by atoms with Crippen molar-refractivity contribution in [1.82, 2.24) is 14.5 Å². The van der Waals surface area contributed by atoms with Crippen LogP contribution in [0.3, 0.4) is 0 Å². The highest BCUT2D eigenvalue weighted by Crippen LogP contribution is 2.38. The van der Waals surface area contributed by atoms with E-state index in [1.165, 1.54) is 0 Å². The van der Waals surface area contributed by atoms with E-state index in [9.17, 15) is 8.42 Å². The van der Waals surface area contributed by atoms with Crippen LogP contribution in [0.15, 0.2) is 34.2 Å². The molecular weight excluding hydrogens is 400 g/mol. The zero-order valence-electron chi connectivity index (χ0n) is 18.0. The number of guanidine groups is 1. The number of nitrogens with zero attached hydrogens (tertiary/aromatic N) is 3. The van der Waals surface area contributed by atoms with Crippen molar-refractivity contribution in [3.05, 3.63) is 29.8 Å². The predicted molar refractivity (Wildman–Crippen MR) is 118 cm³/mol. The standard InChI is InChI=1S/C22H34N4O3S/c1-2-23-21(25-14-10-22(17-25)11-15-29-18-22)24-16-19-6-8-20(9-7-19)30(27,28)26-12-4-3-5-13-26/h6-9H,2-5,10-18H2,1H3,(H,23,24). The number of hydrogen-bond donors (Lipinski definition) is 1. The molecule has 3 fully saturated rings. The largest absolute Gasteiger partial charge is 0.381 e. The Labute approximate surface area is 180 Å². The van der Waals surface area contributed by atoms with Gasteiger partial charge in [-0.15, -0.1) is 0 Å². The smallest absolute Gasteiger partial charge is 0.243 e. The van der Waals surface area contributed by atoms with Gasteiger partial charge in [0.25, 0.3) is 0 Å². The van der Waals surface area contributed by atoms with Gasteiger partial charge in [-0.1, -0.05) is 18.6 Å². The van der Waals surface area contributed by atoms with Gasteiger partial charge in [0.1, 0.15) is 0 Å². The van der Waals surface area contributed by atoms with Crippen LogP contribution < -0.4 is 5.32 Å². The van der Waals surface area contributed by atoms with Gasteiger partial charge in [0.05, 0.1) is 18.0 Å². The van der Waals surface area contributed by atoms with E-state index in [-0.39, 0.29) is 0 Å². The first kappa shape index (κ1) is 21.6. The molecule has 0 aromatic heterocycles. The van der Waals surface area contributed by atoms with Crippen molar-refractivity contribution in [3.63, 3.8) is 0 Å². The van der Waals surface area contributed by atoms with Gasteiger partial charge in [0, 0.05) is 44.7 Å². The van der Waals surface area contributed by atoms with E-state index in [0.717, 1.165) is 76.5 Å². The summed E-state index contributed by atoms with van der Waals surface area (Å²) in [5, 5.41) is 3.41. The molecule has 3 heterocycles. The predicted octanol–water partition coefficient (Wildman–Crippen LogP) is 2.44. The first-order valence-corrected chi connectivity index (χ1v) is 12.7. The van der Waals surface area contributed by atoms with Crippen molar-refractivity contribution < 1.29 is 13.2 Å². The van der Waals surface area contributed by atoms with Gasteiger partial charge in [-0.2, -0.15) is 4.31 Å². The minimum Gasteiger partial charge on any atom is -0.381 e. The van der Waals surface area contributed by atoms with E-state index in [1.807, 2.05) is 12.1 Å². The summed E-state index contributed by atoms with van der Waals surface area (Å²) < 4.78 is 32.9. The maximum atomic E-state index is 12.8. The van der Waals surface area contributed by atoms with Crippen molar-refractivity contribution >= 4 is 16.0 Å². The van der Waals surface area contributed by atoms with E-state index in [2.05, 4.69) is 17.1 Å². The Balaban J connectivity index is 1.42. The van der Waals surface area contributed by atoms with Crippen molar-refractivity contribution in [2.45, 2.75) is 50.5 Å². The molecule has 1 aromatic rings. The average molecular weight is 435 g/mol. The topological polar surface area (TPSA) is 74.2 Å². The molecule has 1 atom stereocenters. The molecule has 166 valence electrons. The molecule has 1 N–H and O–H groups in total. The molecule has 3 aliphatic heterocycles. The van der Waals surface area contributed by atoms with E-state index in [0.29, 0.717) is 29.9 Å². The van der Waals surface area contributed by atoms with E-state index in [1.54, 1.807) is 16.4 Å². The van der Waals surface area contributed by atoms with Gasteiger partial charge in [0.2, 0.25) is 10.0 Å². The highest BCUT2D eigenvalue weighted by Gasteiger charge is 2.42. The monoisotopic (exact) mass is 434 g/mol. The van der Waals surface area contributed by atoms with Gasteiger partial charge in [-0.3, -0.25) is 0 Å². The Bertz CT molecular complexity index is 842. The van der Waals surface area contributed by atoms with Crippen LogP contribution in [-0.4, -0.2) is 69.5 Å². The molecule has 0 aliphatic carbocycles. The summed E-state index contributed by atoms with van der Waals surface area (Å²) in [5.74, 6) is 0.936. The van der Waals surface area contributed by atoms with Crippen molar-refractivity contribution in [2.75, 3.05) is 45.9 Å². The number of piperidine rings is 1. The van der Waals surface area contributed by atoms with Gasteiger partial charge < -0.3 is 15.0 Å². The van der Waals surface area contributed by atoms with Gasteiger partial charge in [-0.25, -0.2) is 13.4 Å². The maximum absolute atomic E-state index is 12.8. The number of hydrogen-bond acceptors (Lipinski definition) is 4. The Kier molecular flexibility index (Phi) is 6.65. The Morgan fingerprint density at radius 1 is 1.13 bits per heavy atom. The molecule has 0 bridgehead atoms. The lowest BCUT2D eigenvalue weighted by Gasteiger charge is -2.26. The Hall–Kier alpha value is -1.64. The number of nitrogens with one attached hydrogen (secondary N) is 1. The second-order valence-corrected chi connectivity index (χ2v) is 10.7. The second-order valence-electron chi connectivity index (χ2n) is 8.75. The highest BCUT2D eigenvalue weighted by atomic mass is 32.2. The van der Waals surface area contributed by atoms with Crippen LogP contribution in [0.25, 0.3) is 0 Å². The molecule has 0 radical (unpaired) electrons. The molecule has 0 amide bonds. The number of aliphatic imine (C=N–C) groups is 1.